The van der Waals surface area contributed by atoms with E-state index >= 15 is 0 Å². The lowest BCUT2D eigenvalue weighted by atomic mass is 10.2. The molecule has 0 amide bonds. The van der Waals surface area contributed by atoms with Crippen molar-refractivity contribution < 1.29 is 8.78 Å². The topological polar surface area (TPSA) is 15.3 Å². The van der Waals surface area contributed by atoms with Crippen molar-refractivity contribution in [2.75, 3.05) is 29.9 Å². The van der Waals surface area contributed by atoms with Gasteiger partial charge >= 0.3 is 0 Å². The van der Waals surface area contributed by atoms with E-state index in [2.05, 4.69) is 10.2 Å². The van der Waals surface area contributed by atoms with Crippen LogP contribution < -0.4 is 10.2 Å². The van der Waals surface area contributed by atoms with Crippen LogP contribution in [0.2, 0.25) is 0 Å². The molecule has 20 heavy (non-hydrogen) atoms. The first kappa shape index (κ1) is 12.9. The average molecular weight is 274 g/mol. The molecular formula is C16H16F2N2. The lowest BCUT2D eigenvalue weighted by molar-refractivity contribution is 0.627. The molecule has 0 unspecified atom stereocenters. The van der Waals surface area contributed by atoms with Crippen molar-refractivity contribution in [1.29, 1.82) is 0 Å². The van der Waals surface area contributed by atoms with Gasteiger partial charge in [-0.05, 0) is 36.2 Å². The molecule has 0 aromatic heterocycles. The van der Waals surface area contributed by atoms with Crippen LogP contribution in [-0.4, -0.2) is 19.6 Å². The summed E-state index contributed by atoms with van der Waals surface area (Å²) in [5.41, 5.74) is 2.64. The first-order valence-electron chi connectivity index (χ1n) is 6.76. The third kappa shape index (κ3) is 2.59. The van der Waals surface area contributed by atoms with E-state index < -0.39 is 0 Å². The van der Waals surface area contributed by atoms with Gasteiger partial charge in [0.1, 0.15) is 11.6 Å². The summed E-state index contributed by atoms with van der Waals surface area (Å²) in [6, 6.07) is 11.5. The molecule has 1 N–H and O–H groups in total. The zero-order valence-corrected chi connectivity index (χ0v) is 11.1. The Hall–Kier alpha value is -2.10. The van der Waals surface area contributed by atoms with E-state index in [9.17, 15) is 8.78 Å². The second-order valence-electron chi connectivity index (χ2n) is 4.92. The maximum Gasteiger partial charge on any atom is 0.146 e. The minimum Gasteiger partial charge on any atom is -0.381 e. The van der Waals surface area contributed by atoms with Gasteiger partial charge in [0.15, 0.2) is 0 Å². The Bertz CT molecular complexity index is 613. The van der Waals surface area contributed by atoms with Crippen molar-refractivity contribution in [2.24, 2.45) is 0 Å². The molecule has 2 aromatic rings. The van der Waals surface area contributed by atoms with Crippen molar-refractivity contribution in [3.63, 3.8) is 0 Å². The van der Waals surface area contributed by atoms with Crippen molar-refractivity contribution >= 4 is 11.4 Å². The normalized spacial score (nSPS) is 13.4. The second-order valence-corrected chi connectivity index (χ2v) is 4.92. The smallest absolute Gasteiger partial charge is 0.146 e. The molecule has 1 heterocycles. The van der Waals surface area contributed by atoms with Crippen LogP contribution in [-0.2, 0) is 6.42 Å². The maximum absolute atomic E-state index is 13.5. The van der Waals surface area contributed by atoms with Crippen LogP contribution in [0.4, 0.5) is 20.2 Å². The molecule has 1 aliphatic rings. The van der Waals surface area contributed by atoms with Crippen LogP contribution in [0.1, 0.15) is 5.56 Å². The van der Waals surface area contributed by atoms with Gasteiger partial charge in [-0.1, -0.05) is 18.2 Å². The minimum absolute atomic E-state index is 0.210. The molecule has 3 rings (SSSR count). The molecule has 0 bridgehead atoms. The van der Waals surface area contributed by atoms with Crippen molar-refractivity contribution in [3.8, 4) is 0 Å². The monoisotopic (exact) mass is 274 g/mol. The predicted octanol–water partition coefficient (Wildman–Crippen LogP) is 3.44. The fourth-order valence-corrected chi connectivity index (χ4v) is 2.58. The minimum atomic E-state index is -0.250. The lowest BCUT2D eigenvalue weighted by Crippen LogP contribution is -2.27. The first-order valence-corrected chi connectivity index (χ1v) is 6.76. The molecule has 0 radical (unpaired) electrons. The summed E-state index contributed by atoms with van der Waals surface area (Å²) in [6.07, 6.45) is 0.940. The summed E-state index contributed by atoms with van der Waals surface area (Å²) >= 11 is 0. The average Bonchev–Trinajstić information content (AvgIpc) is 2.83. The number of rotatable bonds is 4. The Morgan fingerprint density at radius 1 is 1.10 bits per heavy atom. The van der Waals surface area contributed by atoms with Crippen LogP contribution in [0.3, 0.4) is 0 Å². The van der Waals surface area contributed by atoms with Gasteiger partial charge in [0.2, 0.25) is 0 Å². The van der Waals surface area contributed by atoms with E-state index in [0.717, 1.165) is 25.2 Å². The van der Waals surface area contributed by atoms with Gasteiger partial charge in [0.25, 0.3) is 0 Å². The van der Waals surface area contributed by atoms with Crippen molar-refractivity contribution in [1.82, 2.24) is 0 Å². The van der Waals surface area contributed by atoms with Gasteiger partial charge in [0.05, 0.1) is 5.69 Å². The fourth-order valence-electron chi connectivity index (χ4n) is 2.58. The molecule has 104 valence electrons. The highest BCUT2D eigenvalue weighted by molar-refractivity contribution is 5.58. The van der Waals surface area contributed by atoms with Crippen LogP contribution in [0, 0.1) is 11.6 Å². The standard InChI is InChI=1S/C16H16F2N2/c17-13-6-5-12-7-9-20(16(12)11-13)10-8-19-15-4-2-1-3-14(15)18/h1-6,11,19H,7-10H2. The van der Waals surface area contributed by atoms with Crippen molar-refractivity contribution in [2.45, 2.75) is 6.42 Å². The Morgan fingerprint density at radius 3 is 2.80 bits per heavy atom. The summed E-state index contributed by atoms with van der Waals surface area (Å²) in [5.74, 6) is -0.460. The SMILES string of the molecule is Fc1ccc2c(c1)N(CCNc1ccccc1F)CC2. The van der Waals surface area contributed by atoms with E-state index in [1.807, 2.05) is 6.07 Å². The zero-order chi connectivity index (χ0) is 13.9. The van der Waals surface area contributed by atoms with E-state index in [0.29, 0.717) is 12.2 Å². The van der Waals surface area contributed by atoms with Gasteiger partial charge in [-0.2, -0.15) is 0 Å². The second kappa shape index (κ2) is 5.49. The molecule has 0 atom stereocenters. The number of halogens is 2. The highest BCUT2D eigenvalue weighted by Crippen LogP contribution is 2.28. The number of nitrogens with zero attached hydrogens (tertiary/aromatic N) is 1. The zero-order valence-electron chi connectivity index (χ0n) is 11.1. The predicted molar refractivity (Wildman–Crippen MR) is 77.2 cm³/mol. The number of hydrogen-bond acceptors (Lipinski definition) is 2. The molecule has 0 spiro atoms. The number of anilines is 2. The van der Waals surface area contributed by atoms with Gasteiger partial charge in [-0.3, -0.25) is 0 Å². The molecule has 0 fully saturated rings. The van der Waals surface area contributed by atoms with Gasteiger partial charge in [-0.25, -0.2) is 8.78 Å². The van der Waals surface area contributed by atoms with Crippen LogP contribution in [0.15, 0.2) is 42.5 Å². The molecule has 0 saturated heterocycles. The number of nitrogens with one attached hydrogen (secondary N) is 1. The molecule has 1 aliphatic heterocycles. The van der Waals surface area contributed by atoms with Crippen LogP contribution in [0.5, 0.6) is 0 Å². The Morgan fingerprint density at radius 2 is 1.95 bits per heavy atom. The molecular weight excluding hydrogens is 258 g/mol. The number of para-hydroxylation sites is 1. The summed E-state index contributed by atoms with van der Waals surface area (Å²) < 4.78 is 26.7. The fraction of sp³-hybridized carbons (Fsp3) is 0.250. The van der Waals surface area contributed by atoms with E-state index in [4.69, 9.17) is 0 Å². The Kier molecular flexibility index (Phi) is 3.54. The Labute approximate surface area is 117 Å². The Balaban J connectivity index is 1.61. The third-order valence-corrected chi connectivity index (χ3v) is 3.61. The quantitative estimate of drug-likeness (QED) is 0.918. The summed E-state index contributed by atoms with van der Waals surface area (Å²) in [5, 5.41) is 3.07. The highest BCUT2D eigenvalue weighted by Gasteiger charge is 2.18. The number of benzene rings is 2. The highest BCUT2D eigenvalue weighted by atomic mass is 19.1. The lowest BCUT2D eigenvalue weighted by Gasteiger charge is -2.20. The molecule has 4 heteroatoms. The van der Waals surface area contributed by atoms with Gasteiger partial charge in [0, 0.05) is 25.3 Å². The van der Waals surface area contributed by atoms with Crippen LogP contribution >= 0.6 is 0 Å². The summed E-state index contributed by atoms with van der Waals surface area (Å²) in [6.45, 7) is 2.24. The van der Waals surface area contributed by atoms with Crippen LogP contribution in [0.25, 0.3) is 0 Å². The maximum atomic E-state index is 13.5. The van der Waals surface area contributed by atoms with Gasteiger partial charge < -0.3 is 10.2 Å². The van der Waals surface area contributed by atoms with E-state index in [1.54, 1.807) is 24.3 Å². The third-order valence-electron chi connectivity index (χ3n) is 3.61. The van der Waals surface area contributed by atoms with Gasteiger partial charge in [-0.15, -0.1) is 0 Å². The molecule has 0 saturated carbocycles. The molecule has 2 aromatic carbocycles. The molecule has 2 nitrogen and oxygen atoms in total. The van der Waals surface area contributed by atoms with E-state index in [-0.39, 0.29) is 11.6 Å². The number of fused-ring (bicyclic) bond motifs is 1. The largest absolute Gasteiger partial charge is 0.381 e. The summed E-state index contributed by atoms with van der Waals surface area (Å²) in [7, 11) is 0. The van der Waals surface area contributed by atoms with Crippen molar-refractivity contribution in [3.05, 3.63) is 59.7 Å². The first-order chi connectivity index (χ1) is 9.74. The summed E-state index contributed by atoms with van der Waals surface area (Å²) in [4.78, 5) is 2.13. The number of hydrogen-bond donors (Lipinski definition) is 1. The van der Waals surface area contributed by atoms with E-state index in [1.165, 1.54) is 17.7 Å². The molecule has 0 aliphatic carbocycles.